The van der Waals surface area contributed by atoms with Gasteiger partial charge >= 0.3 is 4.87 Å². The zero-order chi connectivity index (χ0) is 33.8. The summed E-state index contributed by atoms with van der Waals surface area (Å²) >= 11 is 2.42. The third-order valence-corrected chi connectivity index (χ3v) is 11.1. The fraction of sp³-hybridized carbons (Fsp3) is 0.371. The lowest BCUT2D eigenvalue weighted by atomic mass is 9.89. The quantitative estimate of drug-likeness (QED) is 0.163. The molecule has 1 spiro atoms. The Morgan fingerprint density at radius 1 is 1.10 bits per heavy atom. The first-order valence-corrected chi connectivity index (χ1v) is 17.9. The Labute approximate surface area is 290 Å². The first kappa shape index (κ1) is 33.3. The molecule has 3 aromatic carbocycles. The van der Waals surface area contributed by atoms with Crippen LogP contribution < -0.4 is 19.7 Å². The summed E-state index contributed by atoms with van der Waals surface area (Å²) in [7, 11) is 0. The van der Waals surface area contributed by atoms with Crippen LogP contribution in [0.1, 0.15) is 39.9 Å². The average molecular weight is 704 g/mol. The number of carbonyl (C=O) groups is 2. The van der Waals surface area contributed by atoms with Gasteiger partial charge in [-0.1, -0.05) is 41.7 Å². The average Bonchev–Trinajstić information content (AvgIpc) is 3.74. The molecule has 49 heavy (non-hydrogen) atoms. The molecule has 0 saturated carbocycles. The molecular weight excluding hydrogens is 667 g/mol. The van der Waals surface area contributed by atoms with Gasteiger partial charge < -0.3 is 34.5 Å². The predicted molar refractivity (Wildman–Crippen MR) is 188 cm³/mol. The van der Waals surface area contributed by atoms with E-state index < -0.39 is 6.10 Å². The molecule has 0 radical (unpaired) electrons. The highest BCUT2D eigenvalue weighted by Gasteiger charge is 2.41. The Balaban J connectivity index is 0.834. The number of nitrogens with one attached hydrogen (secondary N) is 2. The number of benzene rings is 3. The molecule has 7 rings (SSSR count). The molecule has 12 nitrogen and oxygen atoms in total. The lowest BCUT2D eigenvalue weighted by Gasteiger charge is -2.47. The number of likely N-dealkylation sites (tertiary alicyclic amines) is 1. The second-order valence-electron chi connectivity index (χ2n) is 12.3. The highest BCUT2D eigenvalue weighted by atomic mass is 32.1. The van der Waals surface area contributed by atoms with E-state index in [4.69, 9.17) is 14.2 Å². The summed E-state index contributed by atoms with van der Waals surface area (Å²) in [6.07, 6.45) is 0.869. The number of aromatic amines is 1. The number of aromatic nitrogens is 2. The first-order chi connectivity index (χ1) is 23.9. The van der Waals surface area contributed by atoms with Crippen molar-refractivity contribution in [3.63, 3.8) is 0 Å². The molecule has 0 unspecified atom stereocenters. The second kappa shape index (κ2) is 14.7. The van der Waals surface area contributed by atoms with Crippen molar-refractivity contribution in [3.8, 4) is 11.5 Å². The van der Waals surface area contributed by atoms with E-state index in [-0.39, 0.29) is 28.7 Å². The molecule has 2 fully saturated rings. The van der Waals surface area contributed by atoms with Gasteiger partial charge in [0, 0.05) is 44.8 Å². The van der Waals surface area contributed by atoms with E-state index in [1.165, 1.54) is 11.3 Å². The number of aliphatic hydroxyl groups is 1. The monoisotopic (exact) mass is 703 g/mol. The van der Waals surface area contributed by atoms with Gasteiger partial charge in [-0.3, -0.25) is 19.3 Å². The number of hydrogen-bond acceptors (Lipinski definition) is 12. The molecule has 1 atom stereocenters. The smallest absolute Gasteiger partial charge is 0.305 e. The summed E-state index contributed by atoms with van der Waals surface area (Å²) in [5.74, 6) is 1.03. The Kier molecular flexibility index (Phi) is 10.0. The fourth-order valence-electron chi connectivity index (χ4n) is 6.50. The van der Waals surface area contributed by atoms with Gasteiger partial charge in [0.1, 0.15) is 17.9 Å². The molecule has 2 aliphatic rings. The van der Waals surface area contributed by atoms with Crippen molar-refractivity contribution < 1.29 is 28.9 Å². The number of H-pyrrole nitrogens is 1. The molecule has 14 heteroatoms. The highest BCUT2D eigenvalue weighted by molar-refractivity contribution is 7.20. The minimum atomic E-state index is -0.859. The number of aliphatic hydroxyl groups excluding tert-OH is 1. The molecule has 1 amide bonds. The SMILES string of the molecule is O=COc1ccc([C@@H](O)CNCc2ccc(OCCN3CCC4(CC3)CN(C(=O)c3nc5ccccc5s3)CCO4)cc2)c2sc(=O)[nH]c12. The molecule has 2 aliphatic heterocycles. The molecule has 5 aromatic rings. The normalized spacial score (nSPS) is 17.0. The van der Waals surface area contributed by atoms with Crippen LogP contribution in [0.4, 0.5) is 0 Å². The summed E-state index contributed by atoms with van der Waals surface area (Å²) in [6.45, 7) is 5.97. The van der Waals surface area contributed by atoms with Crippen molar-refractivity contribution in [1.82, 2.24) is 25.1 Å². The maximum atomic E-state index is 13.3. The number of thiazole rings is 2. The molecule has 2 aromatic heterocycles. The van der Waals surface area contributed by atoms with Crippen molar-refractivity contribution in [2.24, 2.45) is 0 Å². The fourth-order valence-corrected chi connectivity index (χ4v) is 8.35. The van der Waals surface area contributed by atoms with Crippen LogP contribution in [0.3, 0.4) is 0 Å². The van der Waals surface area contributed by atoms with E-state index in [9.17, 15) is 19.5 Å². The van der Waals surface area contributed by atoms with Crippen LogP contribution in [-0.2, 0) is 16.1 Å². The van der Waals surface area contributed by atoms with Gasteiger partial charge in [0.05, 0.1) is 39.8 Å². The van der Waals surface area contributed by atoms with Gasteiger partial charge in [-0.15, -0.1) is 11.3 Å². The maximum Gasteiger partial charge on any atom is 0.305 e. The third-order valence-electron chi connectivity index (χ3n) is 9.15. The molecular formula is C35H37N5O7S2. The maximum absolute atomic E-state index is 13.3. The Hall–Kier alpha value is -4.18. The molecule has 256 valence electrons. The van der Waals surface area contributed by atoms with Gasteiger partial charge in [0.15, 0.2) is 10.8 Å². The highest BCUT2D eigenvalue weighted by Crippen LogP contribution is 2.33. The lowest BCUT2D eigenvalue weighted by molar-refractivity contribution is -0.127. The van der Waals surface area contributed by atoms with Crippen LogP contribution in [0.5, 0.6) is 11.5 Å². The van der Waals surface area contributed by atoms with Crippen LogP contribution in [0.25, 0.3) is 20.4 Å². The Morgan fingerprint density at radius 3 is 2.71 bits per heavy atom. The van der Waals surface area contributed by atoms with Crippen molar-refractivity contribution in [3.05, 3.63) is 86.5 Å². The van der Waals surface area contributed by atoms with E-state index in [1.54, 1.807) is 12.1 Å². The van der Waals surface area contributed by atoms with Crippen LogP contribution in [0.15, 0.2) is 65.5 Å². The minimum absolute atomic E-state index is 0.00741. The topological polar surface area (TPSA) is 146 Å². The Bertz CT molecular complexity index is 1950. The van der Waals surface area contributed by atoms with Crippen molar-refractivity contribution in [2.45, 2.75) is 31.1 Å². The molecule has 0 aliphatic carbocycles. The van der Waals surface area contributed by atoms with Crippen LogP contribution in [-0.4, -0.2) is 95.3 Å². The van der Waals surface area contributed by atoms with E-state index in [1.807, 2.05) is 53.4 Å². The summed E-state index contributed by atoms with van der Waals surface area (Å²) in [5.41, 5.74) is 2.57. The van der Waals surface area contributed by atoms with Gasteiger partial charge in [-0.2, -0.15) is 0 Å². The van der Waals surface area contributed by atoms with Crippen molar-refractivity contribution in [1.29, 1.82) is 0 Å². The van der Waals surface area contributed by atoms with Crippen LogP contribution in [0, 0.1) is 0 Å². The van der Waals surface area contributed by atoms with Gasteiger partial charge in [0.25, 0.3) is 12.4 Å². The third kappa shape index (κ3) is 7.54. The zero-order valence-corrected chi connectivity index (χ0v) is 28.4. The van der Waals surface area contributed by atoms with E-state index in [2.05, 4.69) is 20.2 Å². The number of carbonyl (C=O) groups excluding carboxylic acids is 2. The largest absolute Gasteiger partial charge is 0.492 e. The van der Waals surface area contributed by atoms with E-state index in [0.717, 1.165) is 65.3 Å². The van der Waals surface area contributed by atoms with E-state index in [0.29, 0.717) is 60.1 Å². The number of amides is 1. The summed E-state index contributed by atoms with van der Waals surface area (Å²) in [5, 5.41) is 14.6. The molecule has 0 bridgehead atoms. The van der Waals surface area contributed by atoms with Gasteiger partial charge in [-0.25, -0.2) is 4.98 Å². The van der Waals surface area contributed by atoms with E-state index >= 15 is 0 Å². The number of rotatable bonds is 12. The molecule has 3 N–H and O–H groups in total. The first-order valence-electron chi connectivity index (χ1n) is 16.3. The number of morpholine rings is 1. The number of nitrogens with zero attached hydrogens (tertiary/aromatic N) is 3. The van der Waals surface area contributed by atoms with Gasteiger partial charge in [-0.05, 0) is 48.7 Å². The zero-order valence-electron chi connectivity index (χ0n) is 26.8. The summed E-state index contributed by atoms with van der Waals surface area (Å²) in [4.78, 5) is 47.3. The number of fused-ring (bicyclic) bond motifs is 2. The predicted octanol–water partition coefficient (Wildman–Crippen LogP) is 3.94. The Morgan fingerprint density at radius 2 is 1.92 bits per heavy atom. The summed E-state index contributed by atoms with van der Waals surface area (Å²) < 4.78 is 18.9. The minimum Gasteiger partial charge on any atom is -0.492 e. The van der Waals surface area contributed by atoms with Crippen LogP contribution in [0.2, 0.25) is 0 Å². The summed E-state index contributed by atoms with van der Waals surface area (Å²) in [6, 6.07) is 18.9. The molecule has 4 heterocycles. The van der Waals surface area contributed by atoms with Crippen LogP contribution >= 0.6 is 22.7 Å². The van der Waals surface area contributed by atoms with Gasteiger partial charge in [0.2, 0.25) is 0 Å². The lowest BCUT2D eigenvalue weighted by Crippen LogP contribution is -2.58. The number of hydrogen-bond donors (Lipinski definition) is 3. The number of para-hydroxylation sites is 1. The van der Waals surface area contributed by atoms with Crippen molar-refractivity contribution in [2.75, 3.05) is 52.5 Å². The van der Waals surface area contributed by atoms with Crippen molar-refractivity contribution >= 4 is 55.5 Å². The molecule has 2 saturated heterocycles. The standard InChI is InChI=1S/C35H37N5O7S2/c41-22-46-28-10-9-25(31-30(28)38-34(44)49-31)27(42)20-36-19-23-5-7-24(8-6-23)45-17-15-39-13-11-35(12-14-39)21-40(16-18-47-35)33(43)32-37-26-3-1-2-4-29(26)48-32/h1-10,22,27,36,42H,11-21H2,(H,38,44)/t27-/m0/s1. The number of piperidine rings is 1. The second-order valence-corrected chi connectivity index (χ2v) is 14.3. The number of ether oxygens (including phenoxy) is 3.